The maximum Gasteiger partial charge on any atom is 0.273 e. The van der Waals surface area contributed by atoms with E-state index in [4.69, 9.17) is 12.2 Å². The average Bonchev–Trinajstić information content (AvgIpc) is 3.16. The highest BCUT2D eigenvalue weighted by atomic mass is 32.1. The number of carbonyl (C=O) groups excluding carboxylic acids is 1. The summed E-state index contributed by atoms with van der Waals surface area (Å²) >= 11 is 7.67. The van der Waals surface area contributed by atoms with Gasteiger partial charge in [0, 0.05) is 17.6 Å². The van der Waals surface area contributed by atoms with Crippen molar-refractivity contribution in [3.8, 4) is 6.07 Å². The summed E-state index contributed by atoms with van der Waals surface area (Å²) in [4.78, 5) is 33.7. The molecule has 3 aromatic heterocycles. The number of carbonyl (C=O) groups is 1. The fourth-order valence-corrected chi connectivity index (χ4v) is 4.58. The lowest BCUT2D eigenvalue weighted by Gasteiger charge is -2.08. The van der Waals surface area contributed by atoms with Crippen LogP contribution in [0.1, 0.15) is 16.6 Å². The zero-order valence-corrected chi connectivity index (χ0v) is 16.2. The number of aromatic nitrogens is 4. The lowest BCUT2D eigenvalue weighted by atomic mass is 10.1. The van der Waals surface area contributed by atoms with Crippen molar-refractivity contribution in [3.05, 3.63) is 49.4 Å². The van der Waals surface area contributed by atoms with Gasteiger partial charge in [-0.2, -0.15) is 5.26 Å². The third kappa shape index (κ3) is 3.29. The van der Waals surface area contributed by atoms with E-state index in [1.165, 1.54) is 22.2 Å². The van der Waals surface area contributed by atoms with Crippen LogP contribution in [0.2, 0.25) is 0 Å². The van der Waals surface area contributed by atoms with Crippen molar-refractivity contribution in [2.75, 3.05) is 0 Å². The number of nitriles is 1. The molecule has 0 aliphatic rings. The first-order valence-corrected chi connectivity index (χ1v) is 9.60. The minimum Gasteiger partial charge on any atom is -0.304 e. The van der Waals surface area contributed by atoms with Crippen molar-refractivity contribution in [2.24, 2.45) is 0 Å². The van der Waals surface area contributed by atoms with Crippen LogP contribution in [-0.2, 0) is 17.9 Å². The van der Waals surface area contributed by atoms with Crippen LogP contribution < -0.4 is 5.56 Å². The highest BCUT2D eigenvalue weighted by Crippen LogP contribution is 2.22. The monoisotopic (exact) mass is 403 g/mol. The molecule has 0 bridgehead atoms. The number of hydrogen-bond donors (Lipinski definition) is 0. The second-order valence-electron chi connectivity index (χ2n) is 5.45. The van der Waals surface area contributed by atoms with E-state index in [9.17, 15) is 14.9 Å². The molecule has 0 radical (unpaired) electrons. The van der Waals surface area contributed by atoms with Crippen molar-refractivity contribution in [1.82, 2.24) is 19.1 Å². The smallest absolute Gasteiger partial charge is 0.273 e. The van der Waals surface area contributed by atoms with E-state index in [0.717, 1.165) is 17.0 Å². The first-order valence-electron chi connectivity index (χ1n) is 7.50. The zero-order chi connectivity index (χ0) is 18.8. The topological polar surface area (TPSA) is 93.6 Å². The molecule has 7 nitrogen and oxygen atoms in total. The Hall–Kier alpha value is -2.48. The van der Waals surface area contributed by atoms with Gasteiger partial charge in [-0.3, -0.25) is 14.2 Å². The molecule has 0 aliphatic carbocycles. The van der Waals surface area contributed by atoms with Gasteiger partial charge in [-0.25, -0.2) is 9.97 Å². The highest BCUT2D eigenvalue weighted by molar-refractivity contribution is 7.73. The molecule has 0 spiro atoms. The van der Waals surface area contributed by atoms with Crippen molar-refractivity contribution in [2.45, 2.75) is 25.9 Å². The Labute approximate surface area is 161 Å². The minimum atomic E-state index is -1.00. The van der Waals surface area contributed by atoms with Crippen molar-refractivity contribution in [3.63, 3.8) is 0 Å². The van der Waals surface area contributed by atoms with Gasteiger partial charge in [0.25, 0.3) is 5.56 Å². The number of fused-ring (bicyclic) bond motifs is 1. The fraction of sp³-hybridized carbons (Fsp3) is 0.250. The molecule has 0 unspecified atom stereocenters. The Morgan fingerprint density at radius 1 is 1.58 bits per heavy atom. The van der Waals surface area contributed by atoms with Gasteiger partial charge in [0.05, 0.1) is 12.6 Å². The standard InChI is InChI=1S/C16H13N5O2S3/c1-3-4-21-13-12(26-16(21)24)15(23)20(8-18-13)6-11(22)10(5-17)14-19-9(2)7-25-14/h3,7-8,10H,1,4,6H2,2H3/t10-/m1/s1. The van der Waals surface area contributed by atoms with E-state index in [0.29, 0.717) is 25.9 Å². The number of ketones is 1. The fourth-order valence-electron chi connectivity index (χ4n) is 2.40. The van der Waals surface area contributed by atoms with E-state index < -0.39 is 11.7 Å². The molecule has 0 aliphatic heterocycles. The number of Topliss-reactive ketones (excluding diaryl/α,β-unsaturated/α-hetero) is 1. The molecular weight excluding hydrogens is 390 g/mol. The SMILES string of the molecule is C=CCn1c(=S)sc2c(=O)n(CC(=O)[C@@H](C#N)c3nc(C)cs3)cnc21. The van der Waals surface area contributed by atoms with Gasteiger partial charge in [0.2, 0.25) is 0 Å². The number of hydrogen-bond acceptors (Lipinski definition) is 8. The summed E-state index contributed by atoms with van der Waals surface area (Å²) in [5, 5.41) is 11.6. The Kier molecular flexibility index (Phi) is 5.22. The second kappa shape index (κ2) is 7.41. The third-order valence-electron chi connectivity index (χ3n) is 3.62. The summed E-state index contributed by atoms with van der Waals surface area (Å²) in [5.74, 6) is -1.40. The van der Waals surface area contributed by atoms with E-state index in [1.807, 2.05) is 6.07 Å². The first kappa shape index (κ1) is 18.3. The average molecular weight is 404 g/mol. The van der Waals surface area contributed by atoms with Gasteiger partial charge < -0.3 is 4.57 Å². The number of nitrogens with zero attached hydrogens (tertiary/aromatic N) is 5. The van der Waals surface area contributed by atoms with Crippen LogP contribution in [0.15, 0.2) is 29.2 Å². The first-order chi connectivity index (χ1) is 12.5. The Bertz CT molecular complexity index is 1160. The zero-order valence-electron chi connectivity index (χ0n) is 13.7. The highest BCUT2D eigenvalue weighted by Gasteiger charge is 2.24. The summed E-state index contributed by atoms with van der Waals surface area (Å²) in [6.07, 6.45) is 2.98. The van der Waals surface area contributed by atoms with Gasteiger partial charge in [0.1, 0.15) is 16.0 Å². The number of allylic oxidation sites excluding steroid dienone is 1. The van der Waals surface area contributed by atoms with Gasteiger partial charge in [0.15, 0.2) is 21.3 Å². The molecule has 3 heterocycles. The van der Waals surface area contributed by atoms with Crippen molar-refractivity contribution in [1.29, 1.82) is 5.26 Å². The molecule has 0 N–H and O–H groups in total. The Balaban J connectivity index is 1.96. The Morgan fingerprint density at radius 2 is 2.35 bits per heavy atom. The van der Waals surface area contributed by atoms with E-state index in [2.05, 4.69) is 16.5 Å². The number of aryl methyl sites for hydroxylation is 1. The summed E-state index contributed by atoms with van der Waals surface area (Å²) < 4.78 is 3.82. The van der Waals surface area contributed by atoms with Crippen molar-refractivity contribution >= 4 is 51.0 Å². The van der Waals surface area contributed by atoms with Gasteiger partial charge in [-0.15, -0.1) is 17.9 Å². The summed E-state index contributed by atoms with van der Waals surface area (Å²) in [6.45, 7) is 5.67. The predicted octanol–water partition coefficient (Wildman–Crippen LogP) is 2.82. The molecule has 0 aromatic carbocycles. The molecule has 0 fully saturated rings. The summed E-state index contributed by atoms with van der Waals surface area (Å²) in [5.41, 5.74) is 0.872. The molecule has 10 heteroatoms. The molecule has 132 valence electrons. The molecule has 3 rings (SSSR count). The largest absolute Gasteiger partial charge is 0.304 e. The molecule has 1 atom stereocenters. The summed E-state index contributed by atoms with van der Waals surface area (Å²) in [6, 6.07) is 1.97. The van der Waals surface area contributed by atoms with Crippen LogP contribution in [0.4, 0.5) is 0 Å². The lowest BCUT2D eigenvalue weighted by molar-refractivity contribution is -0.120. The molecule has 0 saturated carbocycles. The van der Waals surface area contributed by atoms with E-state index in [1.54, 1.807) is 22.9 Å². The van der Waals surface area contributed by atoms with E-state index in [-0.39, 0.29) is 12.1 Å². The van der Waals surface area contributed by atoms with Crippen LogP contribution in [0.5, 0.6) is 0 Å². The molecule has 3 aromatic rings. The molecule has 0 saturated heterocycles. The second-order valence-corrected chi connectivity index (χ2v) is 7.99. The van der Waals surface area contributed by atoms with Crippen LogP contribution in [0.25, 0.3) is 10.3 Å². The third-order valence-corrected chi connectivity index (χ3v) is 6.07. The van der Waals surface area contributed by atoms with Crippen LogP contribution in [-0.4, -0.2) is 24.9 Å². The number of thiazole rings is 2. The van der Waals surface area contributed by atoms with Crippen LogP contribution in [0, 0.1) is 22.2 Å². The number of rotatable bonds is 6. The molecular formula is C16H13N5O2S3. The normalized spacial score (nSPS) is 12.0. The van der Waals surface area contributed by atoms with Crippen molar-refractivity contribution < 1.29 is 4.79 Å². The van der Waals surface area contributed by atoms with Crippen LogP contribution >= 0.6 is 34.9 Å². The minimum absolute atomic E-state index is 0.245. The Morgan fingerprint density at radius 3 is 2.96 bits per heavy atom. The molecule has 26 heavy (non-hydrogen) atoms. The summed E-state index contributed by atoms with van der Waals surface area (Å²) in [7, 11) is 0. The quantitative estimate of drug-likeness (QED) is 0.464. The predicted molar refractivity (Wildman–Crippen MR) is 103 cm³/mol. The molecule has 0 amide bonds. The van der Waals surface area contributed by atoms with Gasteiger partial charge >= 0.3 is 0 Å². The van der Waals surface area contributed by atoms with Gasteiger partial charge in [-0.05, 0) is 19.1 Å². The maximum absolute atomic E-state index is 12.7. The lowest BCUT2D eigenvalue weighted by Crippen LogP contribution is -2.27. The van der Waals surface area contributed by atoms with Crippen LogP contribution in [0.3, 0.4) is 0 Å². The van der Waals surface area contributed by atoms with Gasteiger partial charge in [-0.1, -0.05) is 17.4 Å². The maximum atomic E-state index is 12.7. The van der Waals surface area contributed by atoms with E-state index >= 15 is 0 Å².